The molecule has 0 fully saturated rings. The predicted octanol–water partition coefficient (Wildman–Crippen LogP) is 4.29. The average Bonchev–Trinajstić information content (AvgIpc) is 2.74. The highest BCUT2D eigenvalue weighted by molar-refractivity contribution is 6.30. The van der Waals surface area contributed by atoms with E-state index in [9.17, 15) is 4.39 Å². The van der Waals surface area contributed by atoms with Gasteiger partial charge in [-0.15, -0.1) is 0 Å². The van der Waals surface area contributed by atoms with Crippen LogP contribution in [0.15, 0.2) is 47.0 Å². The molecule has 84 valence electrons. The van der Waals surface area contributed by atoms with Crippen LogP contribution >= 0.6 is 11.6 Å². The van der Waals surface area contributed by atoms with Crippen LogP contribution in [-0.2, 0) is 0 Å². The molecule has 0 N–H and O–H groups in total. The fourth-order valence-electron chi connectivity index (χ4n) is 1.69. The molecule has 0 aliphatic heterocycles. The van der Waals surface area contributed by atoms with Gasteiger partial charge < -0.3 is 4.42 Å². The fourth-order valence-corrected chi connectivity index (χ4v) is 1.85. The SMILES string of the molecule is Fc1cccc2cc(-c3cc(Cl)ccn3)oc12. The van der Waals surface area contributed by atoms with Gasteiger partial charge in [-0.1, -0.05) is 23.7 Å². The van der Waals surface area contributed by atoms with E-state index in [-0.39, 0.29) is 11.4 Å². The van der Waals surface area contributed by atoms with Crippen molar-refractivity contribution in [3.63, 3.8) is 0 Å². The van der Waals surface area contributed by atoms with Gasteiger partial charge in [-0.3, -0.25) is 4.98 Å². The van der Waals surface area contributed by atoms with Gasteiger partial charge in [-0.25, -0.2) is 4.39 Å². The number of benzene rings is 1. The van der Waals surface area contributed by atoms with Gasteiger partial charge in [0.2, 0.25) is 0 Å². The lowest BCUT2D eigenvalue weighted by atomic mass is 10.2. The van der Waals surface area contributed by atoms with E-state index in [1.165, 1.54) is 6.07 Å². The molecule has 3 aromatic rings. The molecule has 0 aliphatic carbocycles. The maximum Gasteiger partial charge on any atom is 0.170 e. The van der Waals surface area contributed by atoms with Crippen molar-refractivity contribution in [3.05, 3.63) is 53.4 Å². The Kier molecular flexibility index (Phi) is 2.34. The van der Waals surface area contributed by atoms with E-state index < -0.39 is 0 Å². The van der Waals surface area contributed by atoms with E-state index in [2.05, 4.69) is 4.98 Å². The number of pyridine rings is 1. The van der Waals surface area contributed by atoms with E-state index in [0.29, 0.717) is 21.9 Å². The number of rotatable bonds is 1. The van der Waals surface area contributed by atoms with Gasteiger partial charge in [-0.05, 0) is 24.3 Å². The highest BCUT2D eigenvalue weighted by Gasteiger charge is 2.10. The number of halogens is 2. The second kappa shape index (κ2) is 3.86. The summed E-state index contributed by atoms with van der Waals surface area (Å²) in [4.78, 5) is 4.13. The normalized spacial score (nSPS) is 10.9. The smallest absolute Gasteiger partial charge is 0.170 e. The summed E-state index contributed by atoms with van der Waals surface area (Å²) in [5.74, 6) is 0.128. The zero-order chi connectivity index (χ0) is 11.8. The first-order chi connectivity index (χ1) is 8.24. The molecule has 1 aromatic carbocycles. The molecule has 2 heterocycles. The maximum atomic E-state index is 13.5. The third kappa shape index (κ3) is 1.78. The molecule has 0 atom stereocenters. The van der Waals surface area contributed by atoms with Crippen molar-refractivity contribution in [3.8, 4) is 11.5 Å². The van der Waals surface area contributed by atoms with Crippen LogP contribution in [0.5, 0.6) is 0 Å². The average molecular weight is 248 g/mol. The Morgan fingerprint density at radius 2 is 2.06 bits per heavy atom. The molecular weight excluding hydrogens is 241 g/mol. The molecule has 0 spiro atoms. The first kappa shape index (κ1) is 10.3. The Morgan fingerprint density at radius 3 is 2.82 bits per heavy atom. The number of aromatic nitrogens is 1. The van der Waals surface area contributed by atoms with Crippen LogP contribution < -0.4 is 0 Å². The monoisotopic (exact) mass is 247 g/mol. The molecule has 4 heteroatoms. The van der Waals surface area contributed by atoms with Gasteiger partial charge in [0.25, 0.3) is 0 Å². The molecule has 0 saturated heterocycles. The highest BCUT2D eigenvalue weighted by Crippen LogP contribution is 2.29. The van der Waals surface area contributed by atoms with Crippen molar-refractivity contribution in [1.82, 2.24) is 4.98 Å². The molecular formula is C13H7ClFNO. The largest absolute Gasteiger partial charge is 0.451 e. The van der Waals surface area contributed by atoms with Crippen LogP contribution in [0.2, 0.25) is 5.02 Å². The summed E-state index contributed by atoms with van der Waals surface area (Å²) in [7, 11) is 0. The standard InChI is InChI=1S/C13H7ClFNO/c14-9-4-5-16-11(7-9)12-6-8-2-1-3-10(15)13(8)17-12/h1-7H. The number of hydrogen-bond donors (Lipinski definition) is 0. The van der Waals surface area contributed by atoms with Crippen LogP contribution in [0.3, 0.4) is 0 Å². The van der Waals surface area contributed by atoms with Crippen LogP contribution in [-0.4, -0.2) is 4.98 Å². The quantitative estimate of drug-likeness (QED) is 0.641. The van der Waals surface area contributed by atoms with Crippen molar-refractivity contribution in [2.24, 2.45) is 0 Å². The maximum absolute atomic E-state index is 13.5. The molecule has 3 rings (SSSR count). The Balaban J connectivity index is 2.22. The summed E-state index contributed by atoms with van der Waals surface area (Å²) >= 11 is 5.87. The van der Waals surface area contributed by atoms with E-state index >= 15 is 0 Å². The molecule has 0 aliphatic rings. The van der Waals surface area contributed by atoms with Crippen molar-refractivity contribution in [1.29, 1.82) is 0 Å². The minimum Gasteiger partial charge on any atom is -0.451 e. The zero-order valence-corrected chi connectivity index (χ0v) is 9.41. The first-order valence-corrected chi connectivity index (χ1v) is 5.42. The lowest BCUT2D eigenvalue weighted by Crippen LogP contribution is -1.78. The topological polar surface area (TPSA) is 26.0 Å². The third-order valence-corrected chi connectivity index (χ3v) is 2.71. The van der Waals surface area contributed by atoms with E-state index in [1.807, 2.05) is 0 Å². The van der Waals surface area contributed by atoms with Gasteiger partial charge in [0.05, 0.1) is 0 Å². The zero-order valence-electron chi connectivity index (χ0n) is 8.65. The first-order valence-electron chi connectivity index (χ1n) is 5.04. The van der Waals surface area contributed by atoms with Gasteiger partial charge >= 0.3 is 0 Å². The molecule has 17 heavy (non-hydrogen) atoms. The van der Waals surface area contributed by atoms with E-state index in [1.54, 1.807) is 36.5 Å². The molecule has 2 aromatic heterocycles. The van der Waals surface area contributed by atoms with Crippen molar-refractivity contribution >= 4 is 22.6 Å². The van der Waals surface area contributed by atoms with Crippen molar-refractivity contribution < 1.29 is 8.81 Å². The Morgan fingerprint density at radius 1 is 1.18 bits per heavy atom. The van der Waals surface area contributed by atoms with Crippen molar-refractivity contribution in [2.45, 2.75) is 0 Å². The van der Waals surface area contributed by atoms with Gasteiger partial charge in [-0.2, -0.15) is 0 Å². The molecule has 0 radical (unpaired) electrons. The lowest BCUT2D eigenvalue weighted by molar-refractivity contribution is 0.567. The van der Waals surface area contributed by atoms with Crippen LogP contribution in [0.4, 0.5) is 4.39 Å². The highest BCUT2D eigenvalue weighted by atomic mass is 35.5. The van der Waals surface area contributed by atoms with Gasteiger partial charge in [0, 0.05) is 16.6 Å². The van der Waals surface area contributed by atoms with Gasteiger partial charge in [0.15, 0.2) is 17.2 Å². The van der Waals surface area contributed by atoms with Crippen LogP contribution in [0.25, 0.3) is 22.4 Å². The summed E-state index contributed by atoms with van der Waals surface area (Å²) in [6.07, 6.45) is 1.58. The van der Waals surface area contributed by atoms with Crippen LogP contribution in [0.1, 0.15) is 0 Å². The van der Waals surface area contributed by atoms with Gasteiger partial charge in [0.1, 0.15) is 5.69 Å². The summed E-state index contributed by atoms with van der Waals surface area (Å²) in [5, 5.41) is 1.28. The Bertz CT molecular complexity index is 693. The Labute approximate surface area is 102 Å². The minimum absolute atomic E-state index is 0.240. The summed E-state index contributed by atoms with van der Waals surface area (Å²) in [6.45, 7) is 0. The fraction of sp³-hybridized carbons (Fsp3) is 0. The lowest BCUT2D eigenvalue weighted by Gasteiger charge is -1.95. The predicted molar refractivity (Wildman–Crippen MR) is 64.4 cm³/mol. The number of nitrogens with zero attached hydrogens (tertiary/aromatic N) is 1. The summed E-state index contributed by atoms with van der Waals surface area (Å²) < 4.78 is 18.9. The number of hydrogen-bond acceptors (Lipinski definition) is 2. The molecule has 0 unspecified atom stereocenters. The van der Waals surface area contributed by atoms with Crippen LogP contribution in [0, 0.1) is 5.82 Å². The summed E-state index contributed by atoms with van der Waals surface area (Å²) in [6, 6.07) is 9.89. The molecule has 0 bridgehead atoms. The van der Waals surface area contributed by atoms with E-state index in [0.717, 1.165) is 0 Å². The summed E-state index contributed by atoms with van der Waals surface area (Å²) in [5.41, 5.74) is 0.831. The minimum atomic E-state index is -0.379. The number of fused-ring (bicyclic) bond motifs is 1. The Hall–Kier alpha value is -1.87. The van der Waals surface area contributed by atoms with E-state index in [4.69, 9.17) is 16.0 Å². The molecule has 2 nitrogen and oxygen atoms in total. The third-order valence-electron chi connectivity index (χ3n) is 2.47. The van der Waals surface area contributed by atoms with Crippen molar-refractivity contribution in [2.75, 3.05) is 0 Å². The molecule has 0 amide bonds. The number of para-hydroxylation sites is 1. The molecule has 0 saturated carbocycles. The second-order valence-corrected chi connectivity index (χ2v) is 4.06. The second-order valence-electron chi connectivity index (χ2n) is 3.63. The number of furan rings is 1.